The van der Waals surface area contributed by atoms with Crippen molar-refractivity contribution < 1.29 is 15.0 Å². The Morgan fingerprint density at radius 3 is 2.45 bits per heavy atom. The number of carbonyl (C=O) groups excluding carboxylic acids is 1. The fourth-order valence-corrected chi connectivity index (χ4v) is 1.96. The van der Waals surface area contributed by atoms with Gasteiger partial charge in [-0.25, -0.2) is 0 Å². The van der Waals surface area contributed by atoms with E-state index in [4.69, 9.17) is 17.3 Å². The van der Waals surface area contributed by atoms with Crippen molar-refractivity contribution >= 4 is 23.2 Å². The topological polar surface area (TPSA) is 95.6 Å². The summed E-state index contributed by atoms with van der Waals surface area (Å²) in [6, 6.07) is 10.1. The number of phenolic OH excluding ortho intramolecular Hbond substituents is 2. The van der Waals surface area contributed by atoms with Gasteiger partial charge in [0.15, 0.2) is 11.5 Å². The number of para-hydroxylation sites is 1. The molecule has 1 amide bonds. The van der Waals surface area contributed by atoms with E-state index in [1.54, 1.807) is 24.3 Å². The molecule has 0 fully saturated rings. The third-order valence-electron chi connectivity index (χ3n) is 2.79. The molecule has 0 radical (unpaired) electrons. The van der Waals surface area contributed by atoms with Crippen LogP contribution in [-0.4, -0.2) is 16.1 Å². The standard InChI is InChI=1S/C14H13ClN2O3/c15-9-3-1-2-4-10(9)17-13(14(16)20)8-5-6-11(18)12(19)7-8/h1-7,13,17-19H,(H2,16,20). The Bertz CT molecular complexity index is 646. The first-order valence-electron chi connectivity index (χ1n) is 5.81. The number of aromatic hydroxyl groups is 2. The SMILES string of the molecule is NC(=O)C(Nc1ccccc1Cl)c1ccc(O)c(O)c1. The molecule has 0 spiro atoms. The molecule has 104 valence electrons. The van der Waals surface area contributed by atoms with Crippen LogP contribution in [0, 0.1) is 0 Å². The van der Waals surface area contributed by atoms with Gasteiger partial charge in [-0.3, -0.25) is 4.79 Å². The monoisotopic (exact) mass is 292 g/mol. The lowest BCUT2D eigenvalue weighted by atomic mass is 10.1. The molecule has 0 heterocycles. The number of benzene rings is 2. The molecule has 0 saturated heterocycles. The van der Waals surface area contributed by atoms with Crippen molar-refractivity contribution in [2.45, 2.75) is 6.04 Å². The lowest BCUT2D eigenvalue weighted by Crippen LogP contribution is -2.27. The van der Waals surface area contributed by atoms with Gasteiger partial charge in [-0.1, -0.05) is 29.8 Å². The molecule has 0 bridgehead atoms. The highest BCUT2D eigenvalue weighted by Gasteiger charge is 2.19. The van der Waals surface area contributed by atoms with E-state index in [1.165, 1.54) is 18.2 Å². The van der Waals surface area contributed by atoms with E-state index in [-0.39, 0.29) is 11.5 Å². The summed E-state index contributed by atoms with van der Waals surface area (Å²) in [5.41, 5.74) is 6.34. The number of hydrogen-bond acceptors (Lipinski definition) is 4. The molecule has 5 N–H and O–H groups in total. The van der Waals surface area contributed by atoms with Crippen LogP contribution in [0.5, 0.6) is 11.5 Å². The smallest absolute Gasteiger partial charge is 0.244 e. The van der Waals surface area contributed by atoms with Crippen LogP contribution in [0.4, 0.5) is 5.69 Å². The van der Waals surface area contributed by atoms with Gasteiger partial charge in [0.1, 0.15) is 6.04 Å². The average molecular weight is 293 g/mol. The van der Waals surface area contributed by atoms with Crippen molar-refractivity contribution in [1.82, 2.24) is 0 Å². The van der Waals surface area contributed by atoms with E-state index in [1.807, 2.05) is 0 Å². The van der Waals surface area contributed by atoms with Crippen LogP contribution in [0.15, 0.2) is 42.5 Å². The molecule has 1 atom stereocenters. The molecule has 0 aliphatic rings. The third-order valence-corrected chi connectivity index (χ3v) is 3.12. The fourth-order valence-electron chi connectivity index (χ4n) is 1.77. The van der Waals surface area contributed by atoms with E-state index < -0.39 is 11.9 Å². The van der Waals surface area contributed by atoms with Crippen molar-refractivity contribution in [2.24, 2.45) is 5.73 Å². The van der Waals surface area contributed by atoms with Crippen LogP contribution in [0.3, 0.4) is 0 Å². The first-order chi connectivity index (χ1) is 9.49. The summed E-state index contributed by atoms with van der Waals surface area (Å²) < 4.78 is 0. The minimum atomic E-state index is -0.874. The third kappa shape index (κ3) is 2.95. The average Bonchev–Trinajstić information content (AvgIpc) is 2.41. The van der Waals surface area contributed by atoms with Crippen molar-refractivity contribution in [3.63, 3.8) is 0 Å². The van der Waals surface area contributed by atoms with E-state index in [2.05, 4.69) is 5.32 Å². The largest absolute Gasteiger partial charge is 0.504 e. The molecular formula is C14H13ClN2O3. The van der Waals surface area contributed by atoms with E-state index in [0.717, 1.165) is 0 Å². The van der Waals surface area contributed by atoms with Crippen molar-refractivity contribution in [1.29, 1.82) is 0 Å². The maximum atomic E-state index is 11.6. The van der Waals surface area contributed by atoms with Gasteiger partial charge < -0.3 is 21.3 Å². The summed E-state index contributed by atoms with van der Waals surface area (Å²) >= 11 is 6.01. The summed E-state index contributed by atoms with van der Waals surface area (Å²) in [7, 11) is 0. The van der Waals surface area contributed by atoms with Crippen molar-refractivity contribution in [3.05, 3.63) is 53.1 Å². The molecule has 2 aromatic carbocycles. The molecule has 20 heavy (non-hydrogen) atoms. The summed E-state index contributed by atoms with van der Waals surface area (Å²) in [6.45, 7) is 0. The highest BCUT2D eigenvalue weighted by Crippen LogP contribution is 2.30. The lowest BCUT2D eigenvalue weighted by Gasteiger charge is -2.18. The van der Waals surface area contributed by atoms with Gasteiger partial charge >= 0.3 is 0 Å². The Morgan fingerprint density at radius 1 is 1.15 bits per heavy atom. The van der Waals surface area contributed by atoms with E-state index in [9.17, 15) is 15.0 Å². The van der Waals surface area contributed by atoms with Crippen molar-refractivity contribution in [2.75, 3.05) is 5.32 Å². The molecule has 0 saturated carbocycles. The number of phenols is 2. The maximum Gasteiger partial charge on any atom is 0.244 e. The molecule has 1 unspecified atom stereocenters. The minimum absolute atomic E-state index is 0.269. The van der Waals surface area contributed by atoms with Gasteiger partial charge in [-0.15, -0.1) is 0 Å². The number of primary amides is 1. The second-order valence-electron chi connectivity index (χ2n) is 4.21. The molecule has 2 rings (SSSR count). The predicted molar refractivity (Wildman–Crippen MR) is 76.8 cm³/mol. The molecule has 5 nitrogen and oxygen atoms in total. The number of hydrogen-bond donors (Lipinski definition) is 4. The zero-order valence-electron chi connectivity index (χ0n) is 10.4. The summed E-state index contributed by atoms with van der Waals surface area (Å²) in [6.07, 6.45) is 0. The summed E-state index contributed by atoms with van der Waals surface area (Å²) in [5, 5.41) is 22.1. The van der Waals surface area contributed by atoms with Gasteiger partial charge in [0, 0.05) is 0 Å². The molecular weight excluding hydrogens is 280 g/mol. The summed E-state index contributed by atoms with van der Waals surface area (Å²) in [4.78, 5) is 11.6. The number of halogens is 1. The second-order valence-corrected chi connectivity index (χ2v) is 4.61. The zero-order chi connectivity index (χ0) is 14.7. The molecule has 0 aromatic heterocycles. The van der Waals surface area contributed by atoms with Gasteiger partial charge in [0.05, 0.1) is 10.7 Å². The predicted octanol–water partition coefficient (Wildman–Crippen LogP) is 2.39. The van der Waals surface area contributed by atoms with Crippen LogP contribution >= 0.6 is 11.6 Å². The molecule has 0 aliphatic carbocycles. The van der Waals surface area contributed by atoms with Gasteiger partial charge in [0.25, 0.3) is 0 Å². The number of amides is 1. The highest BCUT2D eigenvalue weighted by molar-refractivity contribution is 6.33. The van der Waals surface area contributed by atoms with Crippen LogP contribution in [0.2, 0.25) is 5.02 Å². The van der Waals surface area contributed by atoms with Gasteiger partial charge in [0.2, 0.25) is 5.91 Å². The molecule has 0 aliphatic heterocycles. The number of nitrogens with one attached hydrogen (secondary N) is 1. The first-order valence-corrected chi connectivity index (χ1v) is 6.19. The zero-order valence-corrected chi connectivity index (χ0v) is 11.1. The Hall–Kier alpha value is -2.40. The Morgan fingerprint density at radius 2 is 1.85 bits per heavy atom. The normalized spacial score (nSPS) is 11.8. The van der Waals surface area contributed by atoms with E-state index in [0.29, 0.717) is 16.3 Å². The number of nitrogens with two attached hydrogens (primary N) is 1. The Balaban J connectivity index is 2.34. The van der Waals surface area contributed by atoms with E-state index >= 15 is 0 Å². The van der Waals surface area contributed by atoms with Crippen LogP contribution in [0.1, 0.15) is 11.6 Å². The van der Waals surface area contributed by atoms with Crippen LogP contribution in [-0.2, 0) is 4.79 Å². The summed E-state index contributed by atoms with van der Waals surface area (Å²) in [5.74, 6) is -1.22. The van der Waals surface area contributed by atoms with Crippen molar-refractivity contribution in [3.8, 4) is 11.5 Å². The molecule has 6 heteroatoms. The molecule has 2 aromatic rings. The quantitative estimate of drug-likeness (QED) is 0.651. The Kier molecular flexibility index (Phi) is 4.00. The maximum absolute atomic E-state index is 11.6. The van der Waals surface area contributed by atoms with Crippen LogP contribution < -0.4 is 11.1 Å². The number of carbonyl (C=O) groups is 1. The minimum Gasteiger partial charge on any atom is -0.504 e. The van der Waals surface area contributed by atoms with Crippen LogP contribution in [0.25, 0.3) is 0 Å². The number of rotatable bonds is 4. The van der Waals surface area contributed by atoms with Gasteiger partial charge in [-0.2, -0.15) is 0 Å². The second kappa shape index (κ2) is 5.71. The Labute approximate surface area is 120 Å². The number of anilines is 1. The highest BCUT2D eigenvalue weighted by atomic mass is 35.5. The fraction of sp³-hybridized carbons (Fsp3) is 0.0714. The van der Waals surface area contributed by atoms with Gasteiger partial charge in [-0.05, 0) is 29.8 Å². The lowest BCUT2D eigenvalue weighted by molar-refractivity contribution is -0.118. The first kappa shape index (κ1) is 14.0.